The van der Waals surface area contributed by atoms with E-state index in [0.29, 0.717) is 11.8 Å². The molecule has 1 unspecified atom stereocenters. The van der Waals surface area contributed by atoms with E-state index in [4.69, 9.17) is 0 Å². The summed E-state index contributed by atoms with van der Waals surface area (Å²) in [4.78, 5) is 2.43. The molecule has 1 aromatic carbocycles. The number of piperidine rings is 1. The number of benzene rings is 1. The molecule has 2 N–H and O–H groups in total. The zero-order chi connectivity index (χ0) is 11.4. The number of nitrogens with zero attached hydrogens (tertiary/aromatic N) is 1. The second-order valence-corrected chi connectivity index (χ2v) is 4.56. The highest BCUT2D eigenvalue weighted by Crippen LogP contribution is 2.17. The van der Waals surface area contributed by atoms with Crippen LogP contribution in [0.25, 0.3) is 0 Å². The van der Waals surface area contributed by atoms with Crippen molar-refractivity contribution in [2.45, 2.75) is 25.3 Å². The first-order valence-electron chi connectivity index (χ1n) is 5.99. The topological polar surface area (TPSA) is 35.5 Å². The molecular formula is C13H20N2O. The maximum atomic E-state index is 9.18. The molecule has 3 nitrogen and oxygen atoms in total. The standard InChI is InChI=1S/C13H20N2O/c1-15-9-3-2-4-12(15)10-14-11-5-7-13(16)8-6-11/h5-8,12,14,16H,2-4,9-10H2,1H3. The number of anilines is 1. The molecule has 0 radical (unpaired) electrons. The Balaban J connectivity index is 1.84. The Bertz CT molecular complexity index is 323. The second-order valence-electron chi connectivity index (χ2n) is 4.56. The number of hydrogen-bond donors (Lipinski definition) is 2. The molecule has 0 bridgehead atoms. The lowest BCUT2D eigenvalue weighted by Crippen LogP contribution is -2.40. The van der Waals surface area contributed by atoms with E-state index >= 15 is 0 Å². The summed E-state index contributed by atoms with van der Waals surface area (Å²) in [6.07, 6.45) is 3.94. The Morgan fingerprint density at radius 1 is 1.31 bits per heavy atom. The predicted molar refractivity (Wildman–Crippen MR) is 66.9 cm³/mol. The van der Waals surface area contributed by atoms with Gasteiger partial charge in [-0.2, -0.15) is 0 Å². The molecule has 16 heavy (non-hydrogen) atoms. The van der Waals surface area contributed by atoms with E-state index in [1.54, 1.807) is 12.1 Å². The maximum absolute atomic E-state index is 9.18. The van der Waals surface area contributed by atoms with Gasteiger partial charge in [-0.1, -0.05) is 6.42 Å². The van der Waals surface area contributed by atoms with Gasteiger partial charge in [0.15, 0.2) is 0 Å². The molecule has 88 valence electrons. The van der Waals surface area contributed by atoms with Gasteiger partial charge >= 0.3 is 0 Å². The average Bonchev–Trinajstić information content (AvgIpc) is 2.30. The first-order chi connectivity index (χ1) is 7.75. The van der Waals surface area contributed by atoms with Gasteiger partial charge in [0.25, 0.3) is 0 Å². The fraction of sp³-hybridized carbons (Fsp3) is 0.538. The number of phenols is 1. The SMILES string of the molecule is CN1CCCCC1CNc1ccc(O)cc1. The molecule has 0 aliphatic carbocycles. The summed E-state index contributed by atoms with van der Waals surface area (Å²) in [6, 6.07) is 7.90. The van der Waals surface area contributed by atoms with Gasteiger partial charge in [-0.05, 0) is 50.7 Å². The summed E-state index contributed by atoms with van der Waals surface area (Å²) in [5.74, 6) is 0.320. The number of aromatic hydroxyl groups is 1. The van der Waals surface area contributed by atoms with E-state index in [0.717, 1.165) is 12.2 Å². The normalized spacial score (nSPS) is 21.9. The van der Waals surface area contributed by atoms with Gasteiger partial charge in [0.05, 0.1) is 0 Å². The minimum absolute atomic E-state index is 0.320. The summed E-state index contributed by atoms with van der Waals surface area (Å²) in [5, 5.41) is 12.6. The van der Waals surface area contributed by atoms with Crippen LogP contribution in [-0.2, 0) is 0 Å². The summed E-state index contributed by atoms with van der Waals surface area (Å²) in [7, 11) is 2.20. The van der Waals surface area contributed by atoms with Crippen LogP contribution in [0.5, 0.6) is 5.75 Å². The minimum atomic E-state index is 0.320. The van der Waals surface area contributed by atoms with Crippen LogP contribution in [0.15, 0.2) is 24.3 Å². The molecule has 3 heteroatoms. The Labute approximate surface area is 97.1 Å². The van der Waals surface area contributed by atoms with E-state index in [9.17, 15) is 5.11 Å². The molecule has 1 heterocycles. The van der Waals surface area contributed by atoms with Crippen LogP contribution in [-0.4, -0.2) is 36.2 Å². The van der Waals surface area contributed by atoms with Crippen LogP contribution >= 0.6 is 0 Å². The van der Waals surface area contributed by atoms with Gasteiger partial charge in [-0.25, -0.2) is 0 Å². The minimum Gasteiger partial charge on any atom is -0.508 e. The summed E-state index contributed by atoms with van der Waals surface area (Å²) in [5.41, 5.74) is 1.08. The van der Waals surface area contributed by atoms with Crippen LogP contribution in [0, 0.1) is 0 Å². The fourth-order valence-corrected chi connectivity index (χ4v) is 2.22. The molecule has 1 fully saturated rings. The quantitative estimate of drug-likeness (QED) is 0.767. The lowest BCUT2D eigenvalue weighted by Gasteiger charge is -2.32. The van der Waals surface area contributed by atoms with Crippen LogP contribution in [0.3, 0.4) is 0 Å². The number of likely N-dealkylation sites (tertiary alicyclic amines) is 1. The predicted octanol–water partition coefficient (Wildman–Crippen LogP) is 2.29. The molecule has 1 aliphatic rings. The molecule has 0 spiro atoms. The van der Waals surface area contributed by atoms with Crippen molar-refractivity contribution < 1.29 is 5.11 Å². The molecule has 1 aromatic rings. The number of rotatable bonds is 3. The molecule has 2 rings (SSSR count). The number of phenolic OH excluding ortho intramolecular Hbond substituents is 1. The van der Waals surface area contributed by atoms with E-state index < -0.39 is 0 Å². The van der Waals surface area contributed by atoms with Crippen molar-refractivity contribution >= 4 is 5.69 Å². The number of likely N-dealkylation sites (N-methyl/N-ethyl adjacent to an activating group) is 1. The zero-order valence-electron chi connectivity index (χ0n) is 9.82. The van der Waals surface area contributed by atoms with Crippen molar-refractivity contribution in [3.05, 3.63) is 24.3 Å². The third kappa shape index (κ3) is 2.89. The zero-order valence-corrected chi connectivity index (χ0v) is 9.82. The monoisotopic (exact) mass is 220 g/mol. The van der Waals surface area contributed by atoms with Crippen molar-refractivity contribution in [1.82, 2.24) is 4.90 Å². The first-order valence-corrected chi connectivity index (χ1v) is 5.99. The van der Waals surface area contributed by atoms with Crippen LogP contribution in [0.4, 0.5) is 5.69 Å². The first kappa shape index (κ1) is 11.3. The van der Waals surface area contributed by atoms with Crippen LogP contribution < -0.4 is 5.32 Å². The average molecular weight is 220 g/mol. The Kier molecular flexibility index (Phi) is 3.67. The van der Waals surface area contributed by atoms with Crippen molar-refractivity contribution in [2.75, 3.05) is 25.5 Å². The van der Waals surface area contributed by atoms with Gasteiger partial charge in [-0.15, -0.1) is 0 Å². The van der Waals surface area contributed by atoms with E-state index in [-0.39, 0.29) is 0 Å². The molecule has 0 aromatic heterocycles. The molecule has 0 saturated carbocycles. The maximum Gasteiger partial charge on any atom is 0.115 e. The van der Waals surface area contributed by atoms with Crippen molar-refractivity contribution in [2.24, 2.45) is 0 Å². The van der Waals surface area contributed by atoms with Gasteiger partial charge in [0.2, 0.25) is 0 Å². The lowest BCUT2D eigenvalue weighted by atomic mass is 10.0. The fourth-order valence-electron chi connectivity index (χ4n) is 2.22. The molecule has 1 atom stereocenters. The second kappa shape index (κ2) is 5.21. The Morgan fingerprint density at radius 2 is 2.06 bits per heavy atom. The summed E-state index contributed by atoms with van der Waals surface area (Å²) < 4.78 is 0. The molecule has 0 amide bonds. The van der Waals surface area contributed by atoms with Gasteiger partial charge in [0.1, 0.15) is 5.75 Å². The van der Waals surface area contributed by atoms with Crippen LogP contribution in [0.1, 0.15) is 19.3 Å². The number of nitrogens with one attached hydrogen (secondary N) is 1. The summed E-state index contributed by atoms with van der Waals surface area (Å²) in [6.45, 7) is 2.20. The highest BCUT2D eigenvalue weighted by Gasteiger charge is 2.17. The Hall–Kier alpha value is -1.22. The van der Waals surface area contributed by atoms with Gasteiger partial charge in [-0.3, -0.25) is 0 Å². The molecule has 1 aliphatic heterocycles. The van der Waals surface area contributed by atoms with Gasteiger partial charge < -0.3 is 15.3 Å². The van der Waals surface area contributed by atoms with Crippen LogP contribution in [0.2, 0.25) is 0 Å². The smallest absolute Gasteiger partial charge is 0.115 e. The third-order valence-corrected chi connectivity index (χ3v) is 3.33. The lowest BCUT2D eigenvalue weighted by molar-refractivity contribution is 0.194. The van der Waals surface area contributed by atoms with Crippen molar-refractivity contribution in [3.8, 4) is 5.75 Å². The highest BCUT2D eigenvalue weighted by molar-refractivity contribution is 5.46. The van der Waals surface area contributed by atoms with Crippen molar-refractivity contribution in [3.63, 3.8) is 0 Å². The highest BCUT2D eigenvalue weighted by atomic mass is 16.3. The van der Waals surface area contributed by atoms with E-state index in [2.05, 4.69) is 17.3 Å². The third-order valence-electron chi connectivity index (χ3n) is 3.33. The van der Waals surface area contributed by atoms with E-state index in [1.165, 1.54) is 25.8 Å². The Morgan fingerprint density at radius 3 is 2.75 bits per heavy atom. The molecule has 1 saturated heterocycles. The molecular weight excluding hydrogens is 200 g/mol. The summed E-state index contributed by atoms with van der Waals surface area (Å²) >= 11 is 0. The van der Waals surface area contributed by atoms with E-state index in [1.807, 2.05) is 12.1 Å². The van der Waals surface area contributed by atoms with Crippen molar-refractivity contribution in [1.29, 1.82) is 0 Å². The largest absolute Gasteiger partial charge is 0.508 e. The van der Waals surface area contributed by atoms with Gasteiger partial charge in [0, 0.05) is 18.3 Å². The number of hydrogen-bond acceptors (Lipinski definition) is 3.